The van der Waals surface area contributed by atoms with E-state index >= 15 is 0 Å². The molecule has 1 aromatic carbocycles. The molecule has 0 heterocycles. The smallest absolute Gasteiger partial charge is 0.238 e. The van der Waals surface area contributed by atoms with Gasteiger partial charge in [0.1, 0.15) is 0 Å². The van der Waals surface area contributed by atoms with E-state index < -0.39 is 0 Å². The van der Waals surface area contributed by atoms with Crippen molar-refractivity contribution in [2.45, 2.75) is 6.92 Å². The molecule has 0 aliphatic rings. The third kappa shape index (κ3) is 3.26. The number of benzene rings is 1. The Morgan fingerprint density at radius 3 is 2.79 bits per heavy atom. The zero-order chi connectivity index (χ0) is 10.6. The van der Waals surface area contributed by atoms with Crippen molar-refractivity contribution in [2.75, 3.05) is 18.9 Å². The molecule has 2 N–H and O–H groups in total. The highest BCUT2D eigenvalue weighted by Gasteiger charge is 2.03. The summed E-state index contributed by atoms with van der Waals surface area (Å²) in [6, 6.07) is 5.93. The van der Waals surface area contributed by atoms with Crippen LogP contribution in [0.15, 0.2) is 18.2 Å². The average Bonchev–Trinajstić information content (AvgIpc) is 2.10. The van der Waals surface area contributed by atoms with Gasteiger partial charge in [-0.2, -0.15) is 0 Å². The van der Waals surface area contributed by atoms with Crippen LogP contribution in [0.2, 0.25) is 0 Å². The predicted molar refractivity (Wildman–Crippen MR) is 66.5 cm³/mol. The summed E-state index contributed by atoms with van der Waals surface area (Å²) in [6.45, 7) is 2.32. The van der Waals surface area contributed by atoms with Crippen LogP contribution in [0.1, 0.15) is 5.56 Å². The predicted octanol–water partition coefficient (Wildman–Crippen LogP) is 1.76. The average molecular weight is 304 g/mol. The molecule has 0 radical (unpaired) electrons. The number of carbonyl (C=O) groups is 1. The first kappa shape index (κ1) is 11.5. The lowest BCUT2D eigenvalue weighted by Gasteiger charge is -2.08. The van der Waals surface area contributed by atoms with E-state index in [0.29, 0.717) is 6.54 Å². The van der Waals surface area contributed by atoms with Gasteiger partial charge in [-0.1, -0.05) is 0 Å². The van der Waals surface area contributed by atoms with Gasteiger partial charge in [0.2, 0.25) is 5.91 Å². The minimum Gasteiger partial charge on any atom is -0.325 e. The molecule has 0 atom stereocenters. The van der Waals surface area contributed by atoms with Crippen molar-refractivity contribution in [3.05, 3.63) is 27.3 Å². The van der Waals surface area contributed by atoms with Crippen LogP contribution in [0.4, 0.5) is 5.69 Å². The minimum absolute atomic E-state index is 0.0168. The van der Waals surface area contributed by atoms with E-state index in [1.165, 1.54) is 3.57 Å². The summed E-state index contributed by atoms with van der Waals surface area (Å²) in [4.78, 5) is 11.3. The lowest BCUT2D eigenvalue weighted by Crippen LogP contribution is -2.25. The van der Waals surface area contributed by atoms with E-state index in [1.807, 2.05) is 25.1 Å². The number of amides is 1. The van der Waals surface area contributed by atoms with E-state index in [-0.39, 0.29) is 5.91 Å². The molecule has 3 nitrogen and oxygen atoms in total. The fourth-order valence-corrected chi connectivity index (χ4v) is 1.77. The number of anilines is 1. The molecule has 76 valence electrons. The van der Waals surface area contributed by atoms with Crippen LogP contribution < -0.4 is 10.6 Å². The first-order valence-corrected chi connectivity index (χ1v) is 5.42. The molecular formula is C10H13IN2O. The van der Waals surface area contributed by atoms with Crippen LogP contribution in [0.25, 0.3) is 0 Å². The Morgan fingerprint density at radius 1 is 1.50 bits per heavy atom. The standard InChI is InChI=1S/C10H13IN2O/c1-7-5-8(11)3-4-9(7)13-10(14)6-12-2/h3-5,12H,6H2,1-2H3,(H,13,14). The molecule has 1 aromatic rings. The molecule has 14 heavy (non-hydrogen) atoms. The summed E-state index contributed by atoms with van der Waals surface area (Å²) >= 11 is 2.25. The number of carbonyl (C=O) groups excluding carboxylic acids is 1. The quantitative estimate of drug-likeness (QED) is 0.836. The van der Waals surface area contributed by atoms with Crippen LogP contribution in [0.3, 0.4) is 0 Å². The molecule has 0 aliphatic carbocycles. The fourth-order valence-electron chi connectivity index (χ4n) is 1.12. The SMILES string of the molecule is CNCC(=O)Nc1ccc(I)cc1C. The van der Waals surface area contributed by atoms with Crippen LogP contribution in [0, 0.1) is 10.5 Å². The molecule has 1 amide bonds. The third-order valence-corrected chi connectivity index (χ3v) is 2.47. The van der Waals surface area contributed by atoms with Crippen molar-refractivity contribution in [3.63, 3.8) is 0 Å². The van der Waals surface area contributed by atoms with Gasteiger partial charge in [0.25, 0.3) is 0 Å². The summed E-state index contributed by atoms with van der Waals surface area (Å²) in [5.41, 5.74) is 1.96. The summed E-state index contributed by atoms with van der Waals surface area (Å²) in [6.07, 6.45) is 0. The van der Waals surface area contributed by atoms with Gasteiger partial charge in [0, 0.05) is 9.26 Å². The second-order valence-corrected chi connectivity index (χ2v) is 4.28. The third-order valence-electron chi connectivity index (χ3n) is 1.80. The van der Waals surface area contributed by atoms with E-state index in [0.717, 1.165) is 11.3 Å². The Labute approximate surface area is 97.4 Å². The van der Waals surface area contributed by atoms with Gasteiger partial charge in [-0.3, -0.25) is 4.79 Å². The number of halogens is 1. The first-order chi connectivity index (χ1) is 6.63. The number of hydrogen-bond acceptors (Lipinski definition) is 2. The molecule has 0 spiro atoms. The maximum absolute atomic E-state index is 11.3. The molecule has 0 bridgehead atoms. The van der Waals surface area contributed by atoms with Crippen molar-refractivity contribution in [1.82, 2.24) is 5.32 Å². The topological polar surface area (TPSA) is 41.1 Å². The van der Waals surface area contributed by atoms with Crippen LogP contribution in [-0.4, -0.2) is 19.5 Å². The zero-order valence-corrected chi connectivity index (χ0v) is 10.4. The van der Waals surface area contributed by atoms with E-state index in [1.54, 1.807) is 7.05 Å². The Hall–Kier alpha value is -0.620. The second kappa shape index (κ2) is 5.31. The molecule has 0 saturated heterocycles. The summed E-state index contributed by atoms with van der Waals surface area (Å²) in [7, 11) is 1.75. The van der Waals surface area contributed by atoms with Gasteiger partial charge < -0.3 is 10.6 Å². The molecule has 0 fully saturated rings. The van der Waals surface area contributed by atoms with Crippen LogP contribution in [-0.2, 0) is 4.79 Å². The molecular weight excluding hydrogens is 291 g/mol. The fraction of sp³-hybridized carbons (Fsp3) is 0.300. The van der Waals surface area contributed by atoms with Gasteiger partial charge in [0.15, 0.2) is 0 Å². The number of hydrogen-bond donors (Lipinski definition) is 2. The lowest BCUT2D eigenvalue weighted by atomic mass is 10.2. The summed E-state index contributed by atoms with van der Waals surface area (Å²) in [5, 5.41) is 5.64. The maximum Gasteiger partial charge on any atom is 0.238 e. The largest absolute Gasteiger partial charge is 0.325 e. The van der Waals surface area contributed by atoms with E-state index in [2.05, 4.69) is 33.2 Å². The Bertz CT molecular complexity index is 339. The maximum atomic E-state index is 11.3. The summed E-state index contributed by atoms with van der Waals surface area (Å²) < 4.78 is 1.17. The molecule has 0 saturated carbocycles. The molecule has 0 aromatic heterocycles. The molecule has 1 rings (SSSR count). The first-order valence-electron chi connectivity index (χ1n) is 4.34. The second-order valence-electron chi connectivity index (χ2n) is 3.04. The van der Waals surface area contributed by atoms with E-state index in [4.69, 9.17) is 0 Å². The van der Waals surface area contributed by atoms with Gasteiger partial charge in [-0.05, 0) is 60.3 Å². The molecule has 4 heteroatoms. The van der Waals surface area contributed by atoms with Crippen molar-refractivity contribution in [3.8, 4) is 0 Å². The van der Waals surface area contributed by atoms with Crippen LogP contribution in [0.5, 0.6) is 0 Å². The van der Waals surface area contributed by atoms with E-state index in [9.17, 15) is 4.79 Å². The number of aryl methyl sites for hydroxylation is 1. The van der Waals surface area contributed by atoms with Gasteiger partial charge >= 0.3 is 0 Å². The van der Waals surface area contributed by atoms with Gasteiger partial charge in [-0.15, -0.1) is 0 Å². The highest BCUT2D eigenvalue weighted by atomic mass is 127. The Morgan fingerprint density at radius 2 is 2.21 bits per heavy atom. The molecule has 0 unspecified atom stereocenters. The zero-order valence-electron chi connectivity index (χ0n) is 8.23. The van der Waals surface area contributed by atoms with Gasteiger partial charge in [-0.25, -0.2) is 0 Å². The number of likely N-dealkylation sites (N-methyl/N-ethyl adjacent to an activating group) is 1. The van der Waals surface area contributed by atoms with Crippen molar-refractivity contribution >= 4 is 34.2 Å². The summed E-state index contributed by atoms with van der Waals surface area (Å²) in [5.74, 6) is -0.0168. The van der Waals surface area contributed by atoms with Crippen molar-refractivity contribution < 1.29 is 4.79 Å². The number of rotatable bonds is 3. The minimum atomic E-state index is -0.0168. The Balaban J connectivity index is 2.72. The van der Waals surface area contributed by atoms with Gasteiger partial charge in [0.05, 0.1) is 6.54 Å². The monoisotopic (exact) mass is 304 g/mol. The normalized spacial score (nSPS) is 9.93. The van der Waals surface area contributed by atoms with Crippen LogP contribution >= 0.6 is 22.6 Å². The lowest BCUT2D eigenvalue weighted by molar-refractivity contribution is -0.115. The highest BCUT2D eigenvalue weighted by molar-refractivity contribution is 14.1. The van der Waals surface area contributed by atoms with Crippen molar-refractivity contribution in [1.29, 1.82) is 0 Å². The molecule has 0 aliphatic heterocycles. The highest BCUT2D eigenvalue weighted by Crippen LogP contribution is 2.17. The number of nitrogens with one attached hydrogen (secondary N) is 2. The van der Waals surface area contributed by atoms with Crippen molar-refractivity contribution in [2.24, 2.45) is 0 Å². The Kier molecular flexibility index (Phi) is 4.34.